The normalized spacial score (nSPS) is 16.1. The summed E-state index contributed by atoms with van der Waals surface area (Å²) in [6.45, 7) is 2.93. The molecule has 4 aromatic rings. The number of alkyl halides is 3. The average Bonchev–Trinajstić information content (AvgIpc) is 3.35. The molecule has 9 heteroatoms. The molecule has 2 aliphatic heterocycles. The molecular weight excluding hydrogens is 545 g/mol. The molecule has 1 unspecified atom stereocenters. The van der Waals surface area contributed by atoms with Crippen molar-refractivity contribution in [3.63, 3.8) is 0 Å². The highest BCUT2D eigenvalue weighted by molar-refractivity contribution is 6.34. The van der Waals surface area contributed by atoms with Gasteiger partial charge in [-0.2, -0.15) is 13.2 Å². The number of hydrogen-bond donors (Lipinski definition) is 0. The lowest BCUT2D eigenvalue weighted by Gasteiger charge is -2.33. The number of hydrogen-bond acceptors (Lipinski definition) is 4. The largest absolute Gasteiger partial charge is 0.402 e. The zero-order valence-corrected chi connectivity index (χ0v) is 22.7. The molecule has 210 valence electrons. The number of halogens is 3. The fourth-order valence-corrected chi connectivity index (χ4v) is 5.50. The molecule has 42 heavy (non-hydrogen) atoms. The summed E-state index contributed by atoms with van der Waals surface area (Å²) in [6.07, 6.45) is -4.86. The fourth-order valence-electron chi connectivity index (χ4n) is 5.50. The second kappa shape index (κ2) is 9.24. The van der Waals surface area contributed by atoms with Crippen LogP contribution in [0.2, 0.25) is 0 Å². The van der Waals surface area contributed by atoms with Crippen LogP contribution in [0.15, 0.2) is 84.9 Å². The van der Waals surface area contributed by atoms with Crippen LogP contribution >= 0.6 is 0 Å². The third-order valence-corrected chi connectivity index (χ3v) is 8.21. The standard InChI is InChI=1S/C33H23F3N2O4/c1-18-4-6-19(7-5-18)20-8-12-23(13-9-20)38-30(41)25-15-11-22(17-27(25)31(38)42)32(2,33(34,35)36)21-10-14-24-26(16-21)29(40)37(3)28(24)39/h4-17H,1-3H3. The van der Waals surface area contributed by atoms with E-state index in [1.165, 1.54) is 31.3 Å². The predicted octanol–water partition coefficient (Wildman–Crippen LogP) is 6.56. The van der Waals surface area contributed by atoms with Gasteiger partial charge in [0.15, 0.2) is 0 Å². The monoisotopic (exact) mass is 568 g/mol. The summed E-state index contributed by atoms with van der Waals surface area (Å²) in [5, 5.41) is 0. The van der Waals surface area contributed by atoms with Gasteiger partial charge in [0.1, 0.15) is 5.41 Å². The number of carbonyl (C=O) groups excluding carboxylic acids is 4. The molecule has 4 amide bonds. The van der Waals surface area contributed by atoms with Crippen LogP contribution in [-0.2, 0) is 5.41 Å². The van der Waals surface area contributed by atoms with Crippen LogP contribution in [0.1, 0.15) is 65.0 Å². The molecule has 0 N–H and O–H groups in total. The zero-order chi connectivity index (χ0) is 30.1. The first-order valence-electron chi connectivity index (χ1n) is 13.1. The molecule has 0 spiro atoms. The van der Waals surface area contributed by atoms with Crippen LogP contribution in [0.4, 0.5) is 18.9 Å². The van der Waals surface area contributed by atoms with E-state index in [2.05, 4.69) is 0 Å². The van der Waals surface area contributed by atoms with E-state index in [-0.39, 0.29) is 33.4 Å². The number of carbonyl (C=O) groups is 4. The van der Waals surface area contributed by atoms with E-state index < -0.39 is 35.2 Å². The van der Waals surface area contributed by atoms with Gasteiger partial charge in [0.25, 0.3) is 23.6 Å². The third kappa shape index (κ3) is 3.88. The van der Waals surface area contributed by atoms with Gasteiger partial charge in [-0.05, 0) is 72.5 Å². The van der Waals surface area contributed by atoms with Gasteiger partial charge >= 0.3 is 6.18 Å². The number of nitrogens with zero attached hydrogens (tertiary/aromatic N) is 2. The zero-order valence-electron chi connectivity index (χ0n) is 22.7. The molecule has 0 fully saturated rings. The molecule has 6 nitrogen and oxygen atoms in total. The Bertz CT molecular complexity index is 1830. The molecule has 0 aromatic heterocycles. The van der Waals surface area contributed by atoms with Gasteiger partial charge in [-0.25, -0.2) is 4.90 Å². The Balaban J connectivity index is 1.38. The van der Waals surface area contributed by atoms with E-state index in [0.717, 1.165) is 45.5 Å². The molecule has 0 radical (unpaired) electrons. The highest BCUT2D eigenvalue weighted by Crippen LogP contribution is 2.48. The minimum Gasteiger partial charge on any atom is -0.277 e. The molecule has 4 aromatic carbocycles. The summed E-state index contributed by atoms with van der Waals surface area (Å²) in [5.74, 6) is -2.66. The number of fused-ring (bicyclic) bond motifs is 2. The molecular formula is C33H23F3N2O4. The van der Waals surface area contributed by atoms with Crippen molar-refractivity contribution in [3.05, 3.63) is 124 Å². The van der Waals surface area contributed by atoms with Crippen molar-refractivity contribution in [2.75, 3.05) is 11.9 Å². The van der Waals surface area contributed by atoms with E-state index in [0.29, 0.717) is 5.69 Å². The molecule has 2 heterocycles. The molecule has 0 aliphatic carbocycles. The van der Waals surface area contributed by atoms with E-state index >= 15 is 0 Å². The van der Waals surface area contributed by atoms with Crippen molar-refractivity contribution in [1.29, 1.82) is 0 Å². The number of benzene rings is 4. The average molecular weight is 569 g/mol. The summed E-state index contributed by atoms with van der Waals surface area (Å²) in [5.41, 5.74) is -0.240. The quantitative estimate of drug-likeness (QED) is 0.262. The third-order valence-electron chi connectivity index (χ3n) is 8.21. The maximum atomic E-state index is 14.8. The van der Waals surface area contributed by atoms with Crippen molar-refractivity contribution in [2.45, 2.75) is 25.4 Å². The van der Waals surface area contributed by atoms with E-state index in [9.17, 15) is 32.3 Å². The summed E-state index contributed by atoms with van der Waals surface area (Å²) in [7, 11) is 1.26. The Morgan fingerprint density at radius 3 is 1.52 bits per heavy atom. The summed E-state index contributed by atoms with van der Waals surface area (Å²) >= 11 is 0. The van der Waals surface area contributed by atoms with E-state index in [1.54, 1.807) is 24.3 Å². The minimum absolute atomic E-state index is 0.00719. The molecule has 0 bridgehead atoms. The Morgan fingerprint density at radius 1 is 0.571 bits per heavy atom. The van der Waals surface area contributed by atoms with Crippen LogP contribution in [0.5, 0.6) is 0 Å². The summed E-state index contributed by atoms with van der Waals surface area (Å²) in [6, 6.07) is 21.6. The molecule has 2 aliphatic rings. The van der Waals surface area contributed by atoms with Crippen LogP contribution in [0, 0.1) is 6.92 Å². The van der Waals surface area contributed by atoms with E-state index in [1.807, 2.05) is 31.2 Å². The first kappa shape index (κ1) is 27.1. The smallest absolute Gasteiger partial charge is 0.277 e. The van der Waals surface area contributed by atoms with Crippen molar-refractivity contribution in [3.8, 4) is 11.1 Å². The number of amides is 4. The SMILES string of the molecule is Cc1ccc(-c2ccc(N3C(=O)c4ccc(C(C)(c5ccc6c(c5)C(=O)N(C)C6=O)C(F)(F)F)cc4C3=O)cc2)cc1. The maximum Gasteiger partial charge on any atom is 0.402 e. The highest BCUT2D eigenvalue weighted by atomic mass is 19.4. The van der Waals surface area contributed by atoms with Crippen LogP contribution < -0.4 is 4.90 Å². The molecule has 0 saturated heterocycles. The topological polar surface area (TPSA) is 74.8 Å². The van der Waals surface area contributed by atoms with Crippen LogP contribution in [-0.4, -0.2) is 41.8 Å². The van der Waals surface area contributed by atoms with Crippen LogP contribution in [0.25, 0.3) is 11.1 Å². The lowest BCUT2D eigenvalue weighted by atomic mass is 9.74. The Hall–Kier alpha value is -5.05. The number of aryl methyl sites for hydroxylation is 1. The molecule has 0 saturated carbocycles. The van der Waals surface area contributed by atoms with Gasteiger partial charge in [0, 0.05) is 7.05 Å². The number of imide groups is 2. The minimum atomic E-state index is -4.86. The van der Waals surface area contributed by atoms with Gasteiger partial charge in [-0.15, -0.1) is 0 Å². The van der Waals surface area contributed by atoms with Crippen LogP contribution in [0.3, 0.4) is 0 Å². The predicted molar refractivity (Wildman–Crippen MR) is 150 cm³/mol. The van der Waals surface area contributed by atoms with E-state index in [4.69, 9.17) is 0 Å². The highest BCUT2D eigenvalue weighted by Gasteiger charge is 2.54. The summed E-state index contributed by atoms with van der Waals surface area (Å²) in [4.78, 5) is 53.3. The maximum absolute atomic E-state index is 14.8. The second-order valence-corrected chi connectivity index (χ2v) is 10.7. The van der Waals surface area contributed by atoms with Crippen molar-refractivity contribution >= 4 is 29.3 Å². The first-order chi connectivity index (χ1) is 19.8. The molecule has 1 atom stereocenters. The lowest BCUT2D eigenvalue weighted by molar-refractivity contribution is -0.173. The van der Waals surface area contributed by atoms with Gasteiger partial charge < -0.3 is 0 Å². The Kier molecular flexibility index (Phi) is 5.97. The second-order valence-electron chi connectivity index (χ2n) is 10.7. The first-order valence-corrected chi connectivity index (χ1v) is 13.1. The number of rotatable bonds is 4. The fraction of sp³-hybridized carbons (Fsp3) is 0.152. The lowest BCUT2D eigenvalue weighted by Crippen LogP contribution is -2.41. The van der Waals surface area contributed by atoms with Gasteiger partial charge in [0.2, 0.25) is 0 Å². The van der Waals surface area contributed by atoms with Crippen molar-refractivity contribution in [2.24, 2.45) is 0 Å². The van der Waals surface area contributed by atoms with Crippen molar-refractivity contribution in [1.82, 2.24) is 4.90 Å². The van der Waals surface area contributed by atoms with Gasteiger partial charge in [-0.1, -0.05) is 54.1 Å². The van der Waals surface area contributed by atoms with Gasteiger partial charge in [0.05, 0.1) is 27.9 Å². The van der Waals surface area contributed by atoms with Crippen molar-refractivity contribution < 1.29 is 32.3 Å². The Labute approximate surface area is 239 Å². The van der Waals surface area contributed by atoms with Gasteiger partial charge in [-0.3, -0.25) is 24.1 Å². The number of anilines is 1. The summed E-state index contributed by atoms with van der Waals surface area (Å²) < 4.78 is 44.5. The Morgan fingerprint density at radius 2 is 1.00 bits per heavy atom. The molecule has 6 rings (SSSR count).